The molecule has 0 saturated carbocycles. The first-order chi connectivity index (χ1) is 11.0. The van der Waals surface area contributed by atoms with Crippen molar-refractivity contribution in [1.29, 1.82) is 5.26 Å². The third kappa shape index (κ3) is 3.27. The number of rotatable bonds is 2. The van der Waals surface area contributed by atoms with Gasteiger partial charge < -0.3 is 4.98 Å². The maximum atomic E-state index is 9.34. The highest BCUT2D eigenvalue weighted by Crippen LogP contribution is 2.24. The summed E-state index contributed by atoms with van der Waals surface area (Å²) >= 11 is 0. The van der Waals surface area contributed by atoms with Crippen molar-refractivity contribution in [1.82, 2.24) is 19.9 Å². The summed E-state index contributed by atoms with van der Waals surface area (Å²) in [6, 6.07) is 7.87. The van der Waals surface area contributed by atoms with Crippen LogP contribution in [0.15, 0.2) is 42.9 Å². The molecule has 0 aliphatic carbocycles. The molecular weight excluding hydrogens is 286 g/mol. The van der Waals surface area contributed by atoms with Crippen LogP contribution in [0.25, 0.3) is 28.0 Å². The van der Waals surface area contributed by atoms with E-state index in [1.54, 1.807) is 12.4 Å². The molecule has 3 heterocycles. The molecular formula is C18H17N5. The maximum absolute atomic E-state index is 9.34. The SMILES string of the molecule is CC(C)(C)/C=C(/C#N)c1ccc(-c2cnc3[nH]ccc3n2)cn1. The highest BCUT2D eigenvalue weighted by molar-refractivity contribution is 5.77. The highest BCUT2D eigenvalue weighted by Gasteiger charge is 2.11. The summed E-state index contributed by atoms with van der Waals surface area (Å²) in [6.45, 7) is 6.17. The lowest BCUT2D eigenvalue weighted by Gasteiger charge is -2.12. The number of aromatic amines is 1. The predicted octanol–water partition coefficient (Wildman–Crippen LogP) is 3.97. The number of nitrogens with zero attached hydrogens (tertiary/aromatic N) is 4. The molecule has 3 aromatic rings. The molecule has 0 amide bonds. The lowest BCUT2D eigenvalue weighted by atomic mass is 9.92. The van der Waals surface area contributed by atoms with Crippen molar-refractivity contribution in [2.24, 2.45) is 5.41 Å². The van der Waals surface area contributed by atoms with Gasteiger partial charge in [-0.15, -0.1) is 0 Å². The summed E-state index contributed by atoms with van der Waals surface area (Å²) in [6.07, 6.45) is 7.18. The van der Waals surface area contributed by atoms with Crippen LogP contribution in [0.2, 0.25) is 0 Å². The fourth-order valence-corrected chi connectivity index (χ4v) is 2.27. The van der Waals surface area contributed by atoms with E-state index in [-0.39, 0.29) is 5.41 Å². The Labute approximate surface area is 134 Å². The number of hydrogen-bond donors (Lipinski definition) is 1. The zero-order chi connectivity index (χ0) is 16.4. The molecule has 0 spiro atoms. The van der Waals surface area contributed by atoms with Crippen LogP contribution in [0, 0.1) is 16.7 Å². The molecule has 0 saturated heterocycles. The van der Waals surface area contributed by atoms with Gasteiger partial charge in [-0.05, 0) is 23.6 Å². The molecule has 3 aromatic heterocycles. The molecule has 0 aliphatic heterocycles. The number of nitriles is 1. The van der Waals surface area contributed by atoms with Crippen molar-refractivity contribution in [3.8, 4) is 17.3 Å². The summed E-state index contributed by atoms with van der Waals surface area (Å²) in [5.41, 5.74) is 4.39. The summed E-state index contributed by atoms with van der Waals surface area (Å²) in [7, 11) is 0. The number of nitrogens with one attached hydrogen (secondary N) is 1. The molecule has 0 unspecified atom stereocenters. The number of hydrogen-bond acceptors (Lipinski definition) is 4. The van der Waals surface area contributed by atoms with Gasteiger partial charge in [0.1, 0.15) is 11.6 Å². The number of fused-ring (bicyclic) bond motifs is 1. The lowest BCUT2D eigenvalue weighted by molar-refractivity contribution is 0.546. The fraction of sp³-hybridized carbons (Fsp3) is 0.222. The summed E-state index contributed by atoms with van der Waals surface area (Å²) in [5.74, 6) is 0. The summed E-state index contributed by atoms with van der Waals surface area (Å²) < 4.78 is 0. The van der Waals surface area contributed by atoms with Crippen molar-refractivity contribution in [3.05, 3.63) is 48.6 Å². The van der Waals surface area contributed by atoms with Crippen molar-refractivity contribution in [3.63, 3.8) is 0 Å². The van der Waals surface area contributed by atoms with E-state index in [1.807, 2.05) is 30.5 Å². The molecule has 5 heteroatoms. The van der Waals surface area contributed by atoms with Crippen molar-refractivity contribution in [2.75, 3.05) is 0 Å². The molecule has 0 atom stereocenters. The van der Waals surface area contributed by atoms with E-state index in [2.05, 4.69) is 46.8 Å². The molecule has 0 fully saturated rings. The Morgan fingerprint density at radius 3 is 2.65 bits per heavy atom. The first-order valence-electron chi connectivity index (χ1n) is 7.36. The van der Waals surface area contributed by atoms with Gasteiger partial charge in [-0.25, -0.2) is 9.97 Å². The molecule has 1 N–H and O–H groups in total. The monoisotopic (exact) mass is 303 g/mol. The minimum atomic E-state index is -0.0732. The Morgan fingerprint density at radius 2 is 2.00 bits per heavy atom. The minimum absolute atomic E-state index is 0.0732. The second kappa shape index (κ2) is 5.65. The van der Waals surface area contributed by atoms with E-state index in [0.29, 0.717) is 11.3 Å². The van der Waals surface area contributed by atoms with E-state index < -0.39 is 0 Å². The van der Waals surface area contributed by atoms with Gasteiger partial charge in [0, 0.05) is 18.0 Å². The number of H-pyrrole nitrogens is 1. The molecule has 3 rings (SSSR count). The van der Waals surface area contributed by atoms with Crippen molar-refractivity contribution >= 4 is 16.7 Å². The highest BCUT2D eigenvalue weighted by atomic mass is 14.9. The smallest absolute Gasteiger partial charge is 0.156 e. The van der Waals surface area contributed by atoms with Crippen LogP contribution in [-0.2, 0) is 0 Å². The van der Waals surface area contributed by atoms with Gasteiger partial charge in [0.2, 0.25) is 0 Å². The Bertz CT molecular complexity index is 905. The summed E-state index contributed by atoms with van der Waals surface area (Å²) in [5, 5.41) is 9.34. The number of allylic oxidation sites excluding steroid dienone is 2. The fourth-order valence-electron chi connectivity index (χ4n) is 2.27. The number of aromatic nitrogens is 4. The van der Waals surface area contributed by atoms with Crippen LogP contribution in [0.4, 0.5) is 0 Å². The molecule has 114 valence electrons. The molecule has 0 bridgehead atoms. The quantitative estimate of drug-likeness (QED) is 0.726. The van der Waals surface area contributed by atoms with Gasteiger partial charge in [0.25, 0.3) is 0 Å². The average Bonchev–Trinajstić information content (AvgIpc) is 2.99. The largest absolute Gasteiger partial charge is 0.345 e. The number of pyridine rings is 1. The second-order valence-corrected chi connectivity index (χ2v) is 6.43. The topological polar surface area (TPSA) is 78.2 Å². The molecule has 5 nitrogen and oxygen atoms in total. The van der Waals surface area contributed by atoms with E-state index in [0.717, 1.165) is 22.4 Å². The van der Waals surface area contributed by atoms with E-state index in [4.69, 9.17) is 0 Å². The van der Waals surface area contributed by atoms with Gasteiger partial charge in [-0.1, -0.05) is 26.8 Å². The molecule has 0 radical (unpaired) electrons. The Kier molecular flexibility index (Phi) is 3.67. The van der Waals surface area contributed by atoms with Crippen LogP contribution < -0.4 is 0 Å². The van der Waals surface area contributed by atoms with E-state index in [1.165, 1.54) is 0 Å². The predicted molar refractivity (Wildman–Crippen MR) is 90.2 cm³/mol. The molecule has 23 heavy (non-hydrogen) atoms. The second-order valence-electron chi connectivity index (χ2n) is 6.43. The van der Waals surface area contributed by atoms with Crippen LogP contribution in [0.5, 0.6) is 0 Å². The first-order valence-corrected chi connectivity index (χ1v) is 7.36. The third-order valence-electron chi connectivity index (χ3n) is 3.29. The van der Waals surface area contributed by atoms with Crippen LogP contribution in [-0.4, -0.2) is 19.9 Å². The minimum Gasteiger partial charge on any atom is -0.345 e. The van der Waals surface area contributed by atoms with Gasteiger partial charge in [0.15, 0.2) is 5.65 Å². The van der Waals surface area contributed by atoms with Crippen LogP contribution in [0.3, 0.4) is 0 Å². The zero-order valence-electron chi connectivity index (χ0n) is 13.3. The van der Waals surface area contributed by atoms with Gasteiger partial charge in [0.05, 0.1) is 23.2 Å². The standard InChI is InChI=1S/C18H17N5/c1-18(2,3)8-13(9-19)14-5-4-12(10-21-14)16-11-22-17-15(23-16)6-7-20-17/h4-8,10-11H,1-3H3,(H,20,22)/b13-8-. The van der Waals surface area contributed by atoms with Gasteiger partial charge in [-0.2, -0.15) is 5.26 Å². The average molecular weight is 303 g/mol. The van der Waals surface area contributed by atoms with Crippen molar-refractivity contribution in [2.45, 2.75) is 20.8 Å². The third-order valence-corrected chi connectivity index (χ3v) is 3.29. The van der Waals surface area contributed by atoms with Crippen LogP contribution >= 0.6 is 0 Å². The molecule has 0 aromatic carbocycles. The molecule has 0 aliphatic rings. The Hall–Kier alpha value is -3.00. The van der Waals surface area contributed by atoms with E-state index in [9.17, 15) is 5.26 Å². The Balaban J connectivity index is 1.95. The normalized spacial score (nSPS) is 12.3. The summed E-state index contributed by atoms with van der Waals surface area (Å²) in [4.78, 5) is 16.3. The lowest BCUT2D eigenvalue weighted by Crippen LogP contribution is -2.01. The maximum Gasteiger partial charge on any atom is 0.156 e. The zero-order valence-corrected chi connectivity index (χ0v) is 13.3. The van der Waals surface area contributed by atoms with Gasteiger partial charge >= 0.3 is 0 Å². The Morgan fingerprint density at radius 1 is 1.17 bits per heavy atom. The van der Waals surface area contributed by atoms with Crippen molar-refractivity contribution < 1.29 is 0 Å². The van der Waals surface area contributed by atoms with Crippen LogP contribution in [0.1, 0.15) is 26.5 Å². The van der Waals surface area contributed by atoms with E-state index >= 15 is 0 Å². The first kappa shape index (κ1) is 14.9. The van der Waals surface area contributed by atoms with Gasteiger partial charge in [-0.3, -0.25) is 4.98 Å².